The highest BCUT2D eigenvalue weighted by Gasteiger charge is 2.42. The zero-order valence-electron chi connectivity index (χ0n) is 21.6. The molecule has 12 heteroatoms. The second-order valence-corrected chi connectivity index (χ2v) is 13.9. The fourth-order valence-corrected chi connectivity index (χ4v) is 7.92. The van der Waals surface area contributed by atoms with Crippen LogP contribution in [0.5, 0.6) is 0 Å². The summed E-state index contributed by atoms with van der Waals surface area (Å²) >= 11 is 0. The first-order chi connectivity index (χ1) is 18.9. The molecule has 1 amide bonds. The predicted octanol–water partition coefficient (Wildman–Crippen LogP) is 5.12. The van der Waals surface area contributed by atoms with Gasteiger partial charge in [-0.3, -0.25) is 14.2 Å². The lowest BCUT2D eigenvalue weighted by atomic mass is 9.84. The maximum Gasteiger partial charge on any atom is 0.261 e. The Balaban J connectivity index is 1.44. The van der Waals surface area contributed by atoms with Crippen LogP contribution < -0.4 is 14.8 Å². The number of benzene rings is 3. The molecule has 2 aliphatic carbocycles. The quantitative estimate of drug-likeness (QED) is 0.320. The van der Waals surface area contributed by atoms with E-state index in [-0.39, 0.29) is 32.8 Å². The van der Waals surface area contributed by atoms with E-state index in [1.807, 2.05) is 6.92 Å². The molecule has 0 spiro atoms. The van der Waals surface area contributed by atoms with Crippen LogP contribution in [0.25, 0.3) is 0 Å². The second-order valence-electron chi connectivity index (χ2n) is 10.5. The van der Waals surface area contributed by atoms with Crippen LogP contribution in [-0.2, 0) is 20.0 Å². The number of rotatable bonds is 9. The molecule has 0 heterocycles. The summed E-state index contributed by atoms with van der Waals surface area (Å²) in [5, 5.41) is 3.00. The minimum Gasteiger partial charge on any atom is -0.349 e. The van der Waals surface area contributed by atoms with Gasteiger partial charge in [0.05, 0.1) is 21.2 Å². The first-order valence-electron chi connectivity index (χ1n) is 12.9. The van der Waals surface area contributed by atoms with Crippen LogP contribution in [0.4, 0.5) is 20.2 Å². The molecule has 212 valence electrons. The lowest BCUT2D eigenvalue weighted by Gasteiger charge is -2.28. The van der Waals surface area contributed by atoms with Gasteiger partial charge < -0.3 is 5.32 Å². The number of sulfonamides is 2. The molecule has 0 radical (unpaired) electrons. The molecule has 0 saturated heterocycles. The highest BCUT2D eigenvalue weighted by atomic mass is 32.2. The van der Waals surface area contributed by atoms with Crippen molar-refractivity contribution in [3.63, 3.8) is 0 Å². The van der Waals surface area contributed by atoms with E-state index in [2.05, 4.69) is 14.8 Å². The Morgan fingerprint density at radius 1 is 0.775 bits per heavy atom. The minimum atomic E-state index is -4.20. The largest absolute Gasteiger partial charge is 0.349 e. The molecule has 3 N–H and O–H groups in total. The van der Waals surface area contributed by atoms with E-state index in [0.29, 0.717) is 17.8 Å². The van der Waals surface area contributed by atoms with Crippen LogP contribution in [0.3, 0.4) is 0 Å². The standard InChI is InChI=1S/C28H29F2N3O5S2/c1-17(27-13-18-2-3-19(27)12-18)31-28(34)20-14-23(32-39(35,36)25-8-4-21(29)5-9-25)16-24(15-20)33-40(37,38)26-10-6-22(30)7-11-26/h4-11,14-19,27,32-33H,2-3,12-13H2,1H3,(H,31,34). The molecule has 4 unspecified atom stereocenters. The van der Waals surface area contributed by atoms with Crippen molar-refractivity contribution in [1.29, 1.82) is 0 Å². The van der Waals surface area contributed by atoms with Crippen molar-refractivity contribution in [3.05, 3.63) is 83.9 Å². The summed E-state index contributed by atoms with van der Waals surface area (Å²) in [6.07, 6.45) is 4.58. The monoisotopic (exact) mass is 589 g/mol. The molecule has 0 aliphatic heterocycles. The highest BCUT2D eigenvalue weighted by Crippen LogP contribution is 2.49. The van der Waals surface area contributed by atoms with Gasteiger partial charge in [-0.2, -0.15) is 0 Å². The van der Waals surface area contributed by atoms with E-state index in [1.54, 1.807) is 0 Å². The maximum absolute atomic E-state index is 13.3. The van der Waals surface area contributed by atoms with E-state index < -0.39 is 37.6 Å². The molecule has 0 aromatic heterocycles. The molecular weight excluding hydrogens is 560 g/mol. The van der Waals surface area contributed by atoms with Crippen LogP contribution in [0, 0.1) is 29.4 Å². The Kier molecular flexibility index (Phi) is 7.58. The number of carbonyl (C=O) groups is 1. The van der Waals surface area contributed by atoms with E-state index in [1.165, 1.54) is 31.0 Å². The number of amides is 1. The van der Waals surface area contributed by atoms with Gasteiger partial charge in [0, 0.05) is 11.6 Å². The molecule has 3 aromatic carbocycles. The Hall–Kier alpha value is -3.51. The Morgan fingerprint density at radius 3 is 1.70 bits per heavy atom. The predicted molar refractivity (Wildman–Crippen MR) is 147 cm³/mol. The zero-order chi connectivity index (χ0) is 28.7. The van der Waals surface area contributed by atoms with E-state index in [0.717, 1.165) is 61.4 Å². The van der Waals surface area contributed by atoms with Gasteiger partial charge in [0.1, 0.15) is 11.6 Å². The van der Waals surface area contributed by atoms with Gasteiger partial charge in [-0.15, -0.1) is 0 Å². The van der Waals surface area contributed by atoms with Gasteiger partial charge in [-0.25, -0.2) is 25.6 Å². The summed E-state index contributed by atoms with van der Waals surface area (Å²) in [7, 11) is -8.40. The van der Waals surface area contributed by atoms with Gasteiger partial charge in [0.2, 0.25) is 0 Å². The number of nitrogens with one attached hydrogen (secondary N) is 3. The van der Waals surface area contributed by atoms with Crippen LogP contribution in [0.15, 0.2) is 76.5 Å². The molecule has 2 aliphatic rings. The average Bonchev–Trinajstić information content (AvgIpc) is 3.53. The van der Waals surface area contributed by atoms with Gasteiger partial charge >= 0.3 is 0 Å². The highest BCUT2D eigenvalue weighted by molar-refractivity contribution is 7.93. The topological polar surface area (TPSA) is 121 Å². The number of hydrogen-bond donors (Lipinski definition) is 3. The summed E-state index contributed by atoms with van der Waals surface area (Å²) in [4.78, 5) is 12.9. The van der Waals surface area contributed by atoms with Crippen molar-refractivity contribution in [2.45, 2.75) is 48.4 Å². The van der Waals surface area contributed by atoms with Gasteiger partial charge in [0.15, 0.2) is 0 Å². The van der Waals surface area contributed by atoms with Gasteiger partial charge in [0.25, 0.3) is 26.0 Å². The molecule has 2 fully saturated rings. The van der Waals surface area contributed by atoms with Crippen molar-refractivity contribution < 1.29 is 30.4 Å². The summed E-state index contributed by atoms with van der Waals surface area (Å²) in [6.45, 7) is 1.95. The molecule has 2 bridgehead atoms. The number of fused-ring (bicyclic) bond motifs is 2. The third kappa shape index (κ3) is 6.12. The van der Waals surface area contributed by atoms with Crippen LogP contribution >= 0.6 is 0 Å². The summed E-state index contributed by atoms with van der Waals surface area (Å²) in [6, 6.07) is 12.0. The molecule has 8 nitrogen and oxygen atoms in total. The maximum atomic E-state index is 13.3. The number of hydrogen-bond acceptors (Lipinski definition) is 5. The molecular formula is C28H29F2N3O5S2. The summed E-state index contributed by atoms with van der Waals surface area (Å²) in [5.74, 6) is -0.114. The zero-order valence-corrected chi connectivity index (χ0v) is 23.2. The van der Waals surface area contributed by atoms with Crippen molar-refractivity contribution in [2.24, 2.45) is 17.8 Å². The fraction of sp³-hybridized carbons (Fsp3) is 0.321. The normalized spacial score (nSPS) is 21.1. The van der Waals surface area contributed by atoms with E-state index in [4.69, 9.17) is 0 Å². The second kappa shape index (κ2) is 10.8. The fourth-order valence-electron chi connectivity index (χ4n) is 5.84. The Bertz CT molecular complexity index is 1530. The third-order valence-electron chi connectivity index (χ3n) is 7.74. The van der Waals surface area contributed by atoms with E-state index >= 15 is 0 Å². The first-order valence-corrected chi connectivity index (χ1v) is 15.9. The molecule has 5 rings (SSSR count). The Labute approximate surface area is 232 Å². The van der Waals surface area contributed by atoms with Crippen molar-refractivity contribution in [2.75, 3.05) is 9.44 Å². The molecule has 3 aromatic rings. The molecule has 4 atom stereocenters. The molecule has 2 saturated carbocycles. The van der Waals surface area contributed by atoms with Crippen molar-refractivity contribution in [3.8, 4) is 0 Å². The number of halogens is 2. The van der Waals surface area contributed by atoms with Gasteiger partial charge in [-0.1, -0.05) is 6.42 Å². The third-order valence-corrected chi connectivity index (χ3v) is 10.5. The van der Waals surface area contributed by atoms with Crippen LogP contribution in [0.2, 0.25) is 0 Å². The van der Waals surface area contributed by atoms with Crippen molar-refractivity contribution in [1.82, 2.24) is 5.32 Å². The first kappa shape index (κ1) is 28.0. The van der Waals surface area contributed by atoms with E-state index in [9.17, 15) is 30.4 Å². The number of carbonyl (C=O) groups excluding carboxylic acids is 1. The Morgan fingerprint density at radius 2 is 1.27 bits per heavy atom. The SMILES string of the molecule is CC(NC(=O)c1cc(NS(=O)(=O)c2ccc(F)cc2)cc(NS(=O)(=O)c2ccc(F)cc2)c1)C1CC2CCC1C2. The van der Waals surface area contributed by atoms with Crippen molar-refractivity contribution >= 4 is 37.3 Å². The van der Waals surface area contributed by atoms with Crippen LogP contribution in [-0.4, -0.2) is 28.8 Å². The minimum absolute atomic E-state index is 0.0334. The lowest BCUT2D eigenvalue weighted by molar-refractivity contribution is 0.0915. The number of anilines is 2. The average molecular weight is 590 g/mol. The smallest absolute Gasteiger partial charge is 0.261 e. The summed E-state index contributed by atoms with van der Waals surface area (Å²) in [5.41, 5.74) is -0.131. The van der Waals surface area contributed by atoms with Crippen LogP contribution in [0.1, 0.15) is 43.0 Å². The summed E-state index contributed by atoms with van der Waals surface area (Å²) < 4.78 is 83.2. The lowest BCUT2D eigenvalue weighted by Crippen LogP contribution is -2.40. The molecule has 40 heavy (non-hydrogen) atoms. The van der Waals surface area contributed by atoms with Gasteiger partial charge in [-0.05, 0) is 111 Å².